The van der Waals surface area contributed by atoms with E-state index in [4.69, 9.17) is 4.74 Å². The van der Waals surface area contributed by atoms with Crippen molar-refractivity contribution in [1.82, 2.24) is 31.1 Å². The summed E-state index contributed by atoms with van der Waals surface area (Å²) in [5.41, 5.74) is 0.564. The van der Waals surface area contributed by atoms with Crippen LogP contribution in [0.1, 0.15) is 82.7 Å². The van der Waals surface area contributed by atoms with Crippen LogP contribution in [0.4, 0.5) is 4.79 Å². The number of hydrogen-bond donors (Lipinski definition) is 4. The van der Waals surface area contributed by atoms with Gasteiger partial charge in [0.2, 0.25) is 29.4 Å². The Morgan fingerprint density at radius 2 is 1.60 bits per heavy atom. The Kier molecular flexibility index (Phi) is 12.9. The van der Waals surface area contributed by atoms with E-state index in [-0.39, 0.29) is 41.9 Å². The van der Waals surface area contributed by atoms with Gasteiger partial charge in [0, 0.05) is 20.6 Å². The molecule has 0 radical (unpaired) electrons. The van der Waals surface area contributed by atoms with Crippen molar-refractivity contribution in [3.05, 3.63) is 35.9 Å². The lowest BCUT2D eigenvalue weighted by atomic mass is 9.83. The van der Waals surface area contributed by atoms with E-state index < -0.39 is 60.3 Å². The van der Waals surface area contributed by atoms with Crippen LogP contribution in [0.3, 0.4) is 0 Å². The molecule has 1 aromatic carbocycles. The predicted molar refractivity (Wildman–Crippen MR) is 190 cm³/mol. The second-order valence-corrected chi connectivity index (χ2v) is 15.4. The number of alkyl carbamates (subject to hydrolysis) is 1. The fourth-order valence-electron chi connectivity index (χ4n) is 8.40. The molecule has 4 aliphatic rings. The fraction of sp³-hybridized carbons (Fsp3) is 0.658. The molecule has 4 fully saturated rings. The van der Waals surface area contributed by atoms with Crippen LogP contribution >= 0.6 is 0 Å². The number of ether oxygens (including phenoxy) is 1. The molecule has 7 atom stereocenters. The first-order valence-corrected chi connectivity index (χ1v) is 18.7. The van der Waals surface area contributed by atoms with Gasteiger partial charge in [0.15, 0.2) is 0 Å². The zero-order valence-corrected chi connectivity index (χ0v) is 30.7. The summed E-state index contributed by atoms with van der Waals surface area (Å²) < 4.78 is 4.87. The maximum absolute atomic E-state index is 14.3. The molecular formula is C38H54N6O8. The molecule has 3 saturated carbocycles. The molecule has 5 unspecified atom stereocenters. The molecule has 5 rings (SSSR count). The lowest BCUT2D eigenvalue weighted by Gasteiger charge is -2.35. The van der Waals surface area contributed by atoms with Crippen LogP contribution in [0.2, 0.25) is 0 Å². The first kappa shape index (κ1) is 38.7. The second-order valence-electron chi connectivity index (χ2n) is 15.4. The number of carbonyl (C=O) groups is 7. The Morgan fingerprint density at radius 1 is 0.904 bits per heavy atom. The average Bonchev–Trinajstić information content (AvgIpc) is 3.79. The number of likely N-dealkylation sites (tertiary alicyclic amines) is 1. The number of carbonyl (C=O) groups excluding carboxylic acids is 7. The van der Waals surface area contributed by atoms with Gasteiger partial charge >= 0.3 is 6.09 Å². The third kappa shape index (κ3) is 9.48. The van der Waals surface area contributed by atoms with Crippen molar-refractivity contribution >= 4 is 41.4 Å². The molecule has 52 heavy (non-hydrogen) atoms. The molecule has 4 N–H and O–H groups in total. The van der Waals surface area contributed by atoms with Gasteiger partial charge in [-0.05, 0) is 67.3 Å². The number of Topliss-reactive ketones (excluding diaryl/α,β-unsaturated/α-hetero) is 1. The van der Waals surface area contributed by atoms with E-state index in [0.717, 1.165) is 57.8 Å². The van der Waals surface area contributed by atoms with Crippen molar-refractivity contribution in [3.8, 4) is 0 Å². The van der Waals surface area contributed by atoms with Crippen LogP contribution < -0.4 is 21.3 Å². The monoisotopic (exact) mass is 722 g/mol. The number of rotatable bonds is 14. The summed E-state index contributed by atoms with van der Waals surface area (Å²) in [5.74, 6) is -3.34. The lowest BCUT2D eigenvalue weighted by Crippen LogP contribution is -2.59. The van der Waals surface area contributed by atoms with Crippen LogP contribution in [0.5, 0.6) is 0 Å². The summed E-state index contributed by atoms with van der Waals surface area (Å²) >= 11 is 0. The third-order valence-electron chi connectivity index (χ3n) is 11.2. The standard InChI is InChI=1S/C38H54N6O8/c1-22-17-26-21-44(37(50)31(42-38(51)52-4)25-13-9-6-10-14-25)32(27(26)18-22)34(47)40-28(19-23-15-16-23)33(46)35(48)39-20-29(45)41-30(36(49)43(2)3)24-11-7-5-8-12-24/h5,7-8,11-12,22-23,25-28,30-32H,6,9-10,13-21H2,1-4H3,(H,39,48)(H,40,47)(H,41,45)(H,42,51)/t22?,26-,27-,28?,30?,31?,32?/m0/s1. The molecule has 1 aromatic rings. The summed E-state index contributed by atoms with van der Waals surface area (Å²) in [6.45, 7) is 1.94. The minimum Gasteiger partial charge on any atom is -0.453 e. The SMILES string of the molecule is COC(=O)NC(C(=O)N1C[C@@H]2CC(C)C[C@@H]2C1C(=O)NC(CC1CC1)C(=O)C(=O)NCC(=O)NC(C(=O)N(C)C)c1ccccc1)C1CCCCC1. The number of hydrogen-bond acceptors (Lipinski definition) is 8. The number of methoxy groups -OCH3 is 1. The van der Waals surface area contributed by atoms with Gasteiger partial charge in [-0.3, -0.25) is 28.8 Å². The van der Waals surface area contributed by atoms with Crippen LogP contribution in [0.25, 0.3) is 0 Å². The number of likely N-dealkylation sites (N-methyl/N-ethyl adjacent to an activating group) is 1. The number of nitrogens with one attached hydrogen (secondary N) is 4. The molecule has 6 amide bonds. The van der Waals surface area contributed by atoms with E-state index in [0.29, 0.717) is 18.0 Å². The van der Waals surface area contributed by atoms with Gasteiger partial charge in [0.1, 0.15) is 18.1 Å². The van der Waals surface area contributed by atoms with Crippen LogP contribution in [-0.4, -0.2) is 104 Å². The van der Waals surface area contributed by atoms with Gasteiger partial charge in [-0.15, -0.1) is 0 Å². The topological polar surface area (TPSA) is 183 Å². The summed E-state index contributed by atoms with van der Waals surface area (Å²) in [5, 5.41) is 10.6. The largest absolute Gasteiger partial charge is 0.453 e. The van der Waals surface area contributed by atoms with Crippen LogP contribution in [0.15, 0.2) is 30.3 Å². The normalized spacial score (nSPS) is 24.4. The van der Waals surface area contributed by atoms with Crippen molar-refractivity contribution in [3.63, 3.8) is 0 Å². The molecular weight excluding hydrogens is 668 g/mol. The Balaban J connectivity index is 1.28. The van der Waals surface area contributed by atoms with E-state index >= 15 is 0 Å². The molecule has 14 nitrogen and oxygen atoms in total. The quantitative estimate of drug-likeness (QED) is 0.211. The van der Waals surface area contributed by atoms with E-state index in [1.54, 1.807) is 49.3 Å². The van der Waals surface area contributed by atoms with Crippen molar-refractivity contribution in [1.29, 1.82) is 0 Å². The van der Waals surface area contributed by atoms with Gasteiger partial charge in [0.05, 0.1) is 19.7 Å². The highest BCUT2D eigenvalue weighted by atomic mass is 16.5. The first-order chi connectivity index (χ1) is 24.9. The molecule has 3 aliphatic carbocycles. The second kappa shape index (κ2) is 17.4. The Bertz CT molecular complexity index is 1490. The molecule has 0 bridgehead atoms. The maximum Gasteiger partial charge on any atom is 0.407 e. The summed E-state index contributed by atoms with van der Waals surface area (Å²) in [4.78, 5) is 96.5. The third-order valence-corrected chi connectivity index (χ3v) is 11.2. The average molecular weight is 723 g/mol. The predicted octanol–water partition coefficient (Wildman–Crippen LogP) is 2.08. The van der Waals surface area contributed by atoms with Crippen molar-refractivity contribution < 1.29 is 38.3 Å². The molecule has 0 spiro atoms. The van der Waals surface area contributed by atoms with Crippen molar-refractivity contribution in [2.75, 3.05) is 34.3 Å². The molecule has 14 heteroatoms. The van der Waals surface area contributed by atoms with E-state index in [1.165, 1.54) is 12.0 Å². The minimum atomic E-state index is -1.15. The summed E-state index contributed by atoms with van der Waals surface area (Å²) in [7, 11) is 4.39. The van der Waals surface area contributed by atoms with E-state index in [9.17, 15) is 33.6 Å². The summed E-state index contributed by atoms with van der Waals surface area (Å²) in [6, 6.07) is 4.86. The van der Waals surface area contributed by atoms with Gasteiger partial charge in [0.25, 0.3) is 5.91 Å². The molecule has 1 saturated heterocycles. The van der Waals surface area contributed by atoms with Gasteiger partial charge in [-0.2, -0.15) is 0 Å². The van der Waals surface area contributed by atoms with Crippen molar-refractivity contribution in [2.24, 2.45) is 29.6 Å². The number of nitrogens with zero attached hydrogens (tertiary/aromatic N) is 2. The number of amides is 6. The Labute approximate surface area is 305 Å². The number of fused-ring (bicyclic) bond motifs is 1. The fourth-order valence-corrected chi connectivity index (χ4v) is 8.40. The van der Waals surface area contributed by atoms with Gasteiger partial charge < -0.3 is 35.8 Å². The molecule has 0 aromatic heterocycles. The highest BCUT2D eigenvalue weighted by molar-refractivity contribution is 6.38. The van der Waals surface area contributed by atoms with Crippen LogP contribution in [0, 0.1) is 29.6 Å². The molecule has 1 aliphatic heterocycles. The smallest absolute Gasteiger partial charge is 0.407 e. The highest BCUT2D eigenvalue weighted by Crippen LogP contribution is 2.46. The zero-order valence-electron chi connectivity index (χ0n) is 30.7. The first-order valence-electron chi connectivity index (χ1n) is 18.7. The van der Waals surface area contributed by atoms with Gasteiger partial charge in [-0.1, -0.05) is 69.4 Å². The lowest BCUT2D eigenvalue weighted by molar-refractivity contribution is -0.144. The van der Waals surface area contributed by atoms with E-state index in [1.807, 2.05) is 0 Å². The minimum absolute atomic E-state index is 0.0857. The van der Waals surface area contributed by atoms with Crippen LogP contribution in [-0.2, 0) is 33.5 Å². The Morgan fingerprint density at radius 3 is 2.23 bits per heavy atom. The van der Waals surface area contributed by atoms with Gasteiger partial charge in [-0.25, -0.2) is 4.79 Å². The van der Waals surface area contributed by atoms with E-state index in [2.05, 4.69) is 28.2 Å². The molecule has 284 valence electrons. The number of benzene rings is 1. The zero-order chi connectivity index (χ0) is 37.5. The van der Waals surface area contributed by atoms with Crippen molar-refractivity contribution in [2.45, 2.75) is 95.3 Å². The number of ketones is 1. The molecule has 1 heterocycles. The Hall–Kier alpha value is -4.49. The highest BCUT2D eigenvalue weighted by Gasteiger charge is 2.53. The maximum atomic E-state index is 14.3. The summed E-state index contributed by atoms with van der Waals surface area (Å²) in [6.07, 6.45) is 7.39.